The predicted octanol–water partition coefficient (Wildman–Crippen LogP) is -0.604. The molecule has 114 valence electrons. The van der Waals surface area contributed by atoms with Crippen LogP contribution >= 0.6 is 0 Å². The molecule has 2 aliphatic heterocycles. The van der Waals surface area contributed by atoms with Gasteiger partial charge in [-0.2, -0.15) is 0 Å². The number of hydrogen-bond donors (Lipinski definition) is 2. The molecule has 20 heavy (non-hydrogen) atoms. The molecule has 2 fully saturated rings. The van der Waals surface area contributed by atoms with Crippen molar-refractivity contribution in [3.05, 3.63) is 0 Å². The molecule has 0 radical (unpaired) electrons. The number of carbonyl (C=O) groups excluding carboxylic acids is 2. The van der Waals surface area contributed by atoms with E-state index in [1.165, 1.54) is 32.5 Å². The van der Waals surface area contributed by atoms with Crippen LogP contribution < -0.4 is 11.1 Å². The minimum Gasteiger partial charge on any atom is -0.346 e. The molecule has 6 heteroatoms. The maximum Gasteiger partial charge on any atom is 0.241 e. The molecule has 0 unspecified atom stereocenters. The lowest BCUT2D eigenvalue weighted by molar-refractivity contribution is -0.133. The van der Waals surface area contributed by atoms with Crippen LogP contribution in [-0.2, 0) is 9.59 Å². The summed E-state index contributed by atoms with van der Waals surface area (Å²) in [6.45, 7) is 5.31. The molecule has 0 saturated carbocycles. The summed E-state index contributed by atoms with van der Waals surface area (Å²) in [5.74, 6) is 0.449. The number of nitrogens with zero attached hydrogens (tertiary/aromatic N) is 2. The van der Waals surface area contributed by atoms with Crippen molar-refractivity contribution in [1.82, 2.24) is 15.1 Å². The maximum atomic E-state index is 11.9. The summed E-state index contributed by atoms with van der Waals surface area (Å²) < 4.78 is 0. The first-order valence-electron chi connectivity index (χ1n) is 7.66. The molecular formula is C14H26N4O2. The van der Waals surface area contributed by atoms with Crippen molar-refractivity contribution in [3.8, 4) is 0 Å². The highest BCUT2D eigenvalue weighted by atomic mass is 16.2. The normalized spacial score (nSPS) is 21.1. The highest BCUT2D eigenvalue weighted by Crippen LogP contribution is 2.20. The number of nitrogens with two attached hydrogens (primary N) is 1. The van der Waals surface area contributed by atoms with E-state index in [1.54, 1.807) is 0 Å². The number of likely N-dealkylation sites (tertiary alicyclic amines) is 2. The molecule has 0 aromatic carbocycles. The molecule has 2 rings (SSSR count). The van der Waals surface area contributed by atoms with Crippen LogP contribution in [0.2, 0.25) is 0 Å². The molecule has 3 N–H and O–H groups in total. The van der Waals surface area contributed by atoms with E-state index < -0.39 is 0 Å². The molecule has 0 aliphatic carbocycles. The fourth-order valence-corrected chi connectivity index (χ4v) is 3.05. The molecule has 0 aromatic heterocycles. The van der Waals surface area contributed by atoms with Crippen LogP contribution in [0.15, 0.2) is 0 Å². The third kappa shape index (κ3) is 4.45. The summed E-state index contributed by atoms with van der Waals surface area (Å²) in [7, 11) is 0. The van der Waals surface area contributed by atoms with Gasteiger partial charge in [-0.3, -0.25) is 9.59 Å². The lowest BCUT2D eigenvalue weighted by atomic mass is 9.96. The summed E-state index contributed by atoms with van der Waals surface area (Å²) in [5, 5.41) is 2.54. The number of carbonyl (C=O) groups is 2. The van der Waals surface area contributed by atoms with Gasteiger partial charge in [0.1, 0.15) is 0 Å². The zero-order valence-electron chi connectivity index (χ0n) is 12.1. The summed E-state index contributed by atoms with van der Waals surface area (Å²) in [6.07, 6.45) is 4.82. The van der Waals surface area contributed by atoms with Crippen molar-refractivity contribution in [2.45, 2.75) is 25.7 Å². The predicted molar refractivity (Wildman–Crippen MR) is 77.0 cm³/mol. The van der Waals surface area contributed by atoms with Crippen molar-refractivity contribution in [1.29, 1.82) is 0 Å². The monoisotopic (exact) mass is 282 g/mol. The first-order valence-corrected chi connectivity index (χ1v) is 7.66. The van der Waals surface area contributed by atoms with Crippen LogP contribution in [0.1, 0.15) is 25.7 Å². The second-order valence-corrected chi connectivity index (χ2v) is 5.81. The molecular weight excluding hydrogens is 256 g/mol. The lowest BCUT2D eigenvalue weighted by Gasteiger charge is -2.34. The Balaban J connectivity index is 1.65. The highest BCUT2D eigenvalue weighted by Gasteiger charge is 2.25. The van der Waals surface area contributed by atoms with Gasteiger partial charge < -0.3 is 20.9 Å². The highest BCUT2D eigenvalue weighted by molar-refractivity contribution is 5.85. The molecule has 0 aromatic rings. The minimum atomic E-state index is -0.276. The summed E-state index contributed by atoms with van der Waals surface area (Å²) in [6, 6.07) is 0. The van der Waals surface area contributed by atoms with Gasteiger partial charge in [-0.25, -0.2) is 0 Å². The third-order valence-corrected chi connectivity index (χ3v) is 4.30. The van der Waals surface area contributed by atoms with Gasteiger partial charge in [0.2, 0.25) is 11.8 Å². The summed E-state index contributed by atoms with van der Waals surface area (Å²) in [5.41, 5.74) is 5.19. The Hall–Kier alpha value is -1.14. The standard InChI is InChI=1S/C14H26N4O2/c15-9-13(19)16-10-14(20)18-7-3-12(4-8-18)11-17-5-1-2-6-17/h12H,1-11,15H2,(H,16,19). The largest absolute Gasteiger partial charge is 0.346 e. The summed E-state index contributed by atoms with van der Waals surface area (Å²) >= 11 is 0. The van der Waals surface area contributed by atoms with Crippen LogP contribution in [0.25, 0.3) is 0 Å². The summed E-state index contributed by atoms with van der Waals surface area (Å²) in [4.78, 5) is 27.4. The van der Waals surface area contributed by atoms with Gasteiger partial charge in [-0.1, -0.05) is 0 Å². The molecule has 2 heterocycles. The van der Waals surface area contributed by atoms with Crippen molar-refractivity contribution in [2.75, 3.05) is 45.8 Å². The van der Waals surface area contributed by atoms with E-state index in [9.17, 15) is 9.59 Å². The maximum absolute atomic E-state index is 11.9. The molecule has 2 amide bonds. The Labute approximate surface area is 120 Å². The number of rotatable bonds is 5. The van der Waals surface area contributed by atoms with E-state index >= 15 is 0 Å². The second-order valence-electron chi connectivity index (χ2n) is 5.81. The zero-order valence-corrected chi connectivity index (χ0v) is 12.1. The number of nitrogens with one attached hydrogen (secondary N) is 1. The van der Waals surface area contributed by atoms with Gasteiger partial charge >= 0.3 is 0 Å². The fourth-order valence-electron chi connectivity index (χ4n) is 3.05. The van der Waals surface area contributed by atoms with Crippen LogP contribution in [-0.4, -0.2) is 67.4 Å². The SMILES string of the molecule is NCC(=O)NCC(=O)N1CCC(CN2CCCC2)CC1. The quantitative estimate of drug-likeness (QED) is 0.705. The van der Waals surface area contributed by atoms with Gasteiger partial charge in [0.05, 0.1) is 13.1 Å². The third-order valence-electron chi connectivity index (χ3n) is 4.30. The van der Waals surface area contributed by atoms with E-state index in [2.05, 4.69) is 10.2 Å². The number of amides is 2. The topological polar surface area (TPSA) is 78.7 Å². The van der Waals surface area contributed by atoms with E-state index in [-0.39, 0.29) is 24.9 Å². The molecule has 0 bridgehead atoms. The first kappa shape index (κ1) is 15.3. The van der Waals surface area contributed by atoms with Gasteiger partial charge in [0, 0.05) is 19.6 Å². The Bertz CT molecular complexity index is 334. The van der Waals surface area contributed by atoms with Crippen molar-refractivity contribution >= 4 is 11.8 Å². The average molecular weight is 282 g/mol. The average Bonchev–Trinajstić information content (AvgIpc) is 2.98. The Kier molecular flexibility index (Phi) is 5.79. The van der Waals surface area contributed by atoms with Crippen molar-refractivity contribution in [2.24, 2.45) is 11.7 Å². The number of piperidine rings is 1. The van der Waals surface area contributed by atoms with Crippen LogP contribution in [0.4, 0.5) is 0 Å². The van der Waals surface area contributed by atoms with Gasteiger partial charge in [-0.15, -0.1) is 0 Å². The van der Waals surface area contributed by atoms with Crippen molar-refractivity contribution < 1.29 is 9.59 Å². The molecule has 2 aliphatic rings. The van der Waals surface area contributed by atoms with E-state index in [1.807, 2.05) is 4.90 Å². The first-order chi connectivity index (χ1) is 9.69. The Morgan fingerprint density at radius 2 is 1.75 bits per heavy atom. The van der Waals surface area contributed by atoms with Gasteiger partial charge in [0.15, 0.2) is 0 Å². The number of hydrogen-bond acceptors (Lipinski definition) is 4. The second kappa shape index (κ2) is 7.59. The minimum absolute atomic E-state index is 0.00595. The van der Waals surface area contributed by atoms with Gasteiger partial charge in [-0.05, 0) is 44.7 Å². The molecule has 2 saturated heterocycles. The fraction of sp³-hybridized carbons (Fsp3) is 0.857. The smallest absolute Gasteiger partial charge is 0.241 e. The molecule has 6 nitrogen and oxygen atoms in total. The van der Waals surface area contributed by atoms with E-state index in [4.69, 9.17) is 5.73 Å². The van der Waals surface area contributed by atoms with Crippen LogP contribution in [0.5, 0.6) is 0 Å². The Morgan fingerprint density at radius 3 is 2.35 bits per heavy atom. The Morgan fingerprint density at radius 1 is 1.10 bits per heavy atom. The van der Waals surface area contributed by atoms with Crippen molar-refractivity contribution in [3.63, 3.8) is 0 Å². The van der Waals surface area contributed by atoms with E-state index in [0.717, 1.165) is 31.8 Å². The molecule has 0 atom stereocenters. The zero-order chi connectivity index (χ0) is 14.4. The van der Waals surface area contributed by atoms with Crippen LogP contribution in [0, 0.1) is 5.92 Å². The molecule has 0 spiro atoms. The lowest BCUT2D eigenvalue weighted by Crippen LogP contribution is -2.46. The van der Waals surface area contributed by atoms with Gasteiger partial charge in [0.25, 0.3) is 0 Å². The van der Waals surface area contributed by atoms with E-state index in [0.29, 0.717) is 0 Å². The van der Waals surface area contributed by atoms with Crippen LogP contribution in [0.3, 0.4) is 0 Å².